The number of hydrogen-bond donors (Lipinski definition) is 0. The first-order valence-corrected chi connectivity index (χ1v) is 4.98. The van der Waals surface area contributed by atoms with E-state index in [0.29, 0.717) is 0 Å². The molecule has 0 spiro atoms. The summed E-state index contributed by atoms with van der Waals surface area (Å²) in [4.78, 5) is 0. The standard InChI is InChI=1S/C4H8OS2/c1-7(5)3-4-2-6-4/h4H,2-3H2,1H3. The second-order valence-electron chi connectivity index (χ2n) is 1.70. The zero-order valence-corrected chi connectivity index (χ0v) is 5.85. The molecule has 1 saturated heterocycles. The lowest BCUT2D eigenvalue weighted by Gasteiger charge is -1.84. The lowest BCUT2D eigenvalue weighted by molar-refractivity contribution is 0.687. The summed E-state index contributed by atoms with van der Waals surface area (Å²) >= 11 is 1.90. The van der Waals surface area contributed by atoms with E-state index >= 15 is 0 Å². The van der Waals surface area contributed by atoms with E-state index in [1.165, 1.54) is 5.75 Å². The van der Waals surface area contributed by atoms with Crippen molar-refractivity contribution in [2.24, 2.45) is 0 Å². The molecule has 0 aliphatic carbocycles. The number of hydrogen-bond acceptors (Lipinski definition) is 2. The van der Waals surface area contributed by atoms with Crippen LogP contribution in [0, 0.1) is 0 Å². The molecular weight excluding hydrogens is 128 g/mol. The van der Waals surface area contributed by atoms with E-state index in [1.807, 2.05) is 11.8 Å². The zero-order valence-electron chi connectivity index (χ0n) is 4.22. The van der Waals surface area contributed by atoms with Gasteiger partial charge < -0.3 is 0 Å². The Morgan fingerprint density at radius 2 is 2.57 bits per heavy atom. The monoisotopic (exact) mass is 136 g/mol. The van der Waals surface area contributed by atoms with Crippen LogP contribution in [0.5, 0.6) is 0 Å². The molecule has 0 radical (unpaired) electrons. The maximum Gasteiger partial charge on any atom is 0.0359 e. The van der Waals surface area contributed by atoms with Gasteiger partial charge in [0.05, 0.1) is 0 Å². The van der Waals surface area contributed by atoms with Gasteiger partial charge in [-0.05, 0) is 0 Å². The second-order valence-corrected chi connectivity index (χ2v) is 4.51. The van der Waals surface area contributed by atoms with Crippen LogP contribution in [0.2, 0.25) is 0 Å². The van der Waals surface area contributed by atoms with Gasteiger partial charge in [-0.25, -0.2) is 0 Å². The lowest BCUT2D eigenvalue weighted by Crippen LogP contribution is -1.98. The van der Waals surface area contributed by atoms with Crippen molar-refractivity contribution in [2.75, 3.05) is 17.8 Å². The van der Waals surface area contributed by atoms with Gasteiger partial charge in [0.25, 0.3) is 0 Å². The third-order valence-electron chi connectivity index (χ3n) is 0.823. The molecule has 2 unspecified atom stereocenters. The summed E-state index contributed by atoms with van der Waals surface area (Å²) in [6.07, 6.45) is 1.76. The molecule has 0 bridgehead atoms. The van der Waals surface area contributed by atoms with Gasteiger partial charge in [-0.2, -0.15) is 11.8 Å². The first-order chi connectivity index (χ1) is 3.29. The fourth-order valence-electron chi connectivity index (χ4n) is 0.426. The largest absolute Gasteiger partial charge is 0.260 e. The van der Waals surface area contributed by atoms with Gasteiger partial charge in [0.2, 0.25) is 0 Å². The maximum absolute atomic E-state index is 10.4. The van der Waals surface area contributed by atoms with Crippen molar-refractivity contribution in [1.29, 1.82) is 0 Å². The van der Waals surface area contributed by atoms with Crippen molar-refractivity contribution in [1.82, 2.24) is 0 Å². The fourth-order valence-corrected chi connectivity index (χ4v) is 2.43. The molecule has 1 aliphatic heterocycles. The van der Waals surface area contributed by atoms with Gasteiger partial charge >= 0.3 is 0 Å². The summed E-state index contributed by atoms with van der Waals surface area (Å²) in [5, 5.41) is 0.742. The molecule has 0 aromatic carbocycles. The van der Waals surface area contributed by atoms with E-state index in [1.54, 1.807) is 6.26 Å². The van der Waals surface area contributed by atoms with Crippen molar-refractivity contribution in [3.05, 3.63) is 0 Å². The molecule has 1 fully saturated rings. The van der Waals surface area contributed by atoms with Crippen LogP contribution in [-0.4, -0.2) is 27.2 Å². The highest BCUT2D eigenvalue weighted by molar-refractivity contribution is 8.07. The molecule has 3 heteroatoms. The Bertz CT molecular complexity index is 87.7. The fraction of sp³-hybridized carbons (Fsp3) is 1.00. The summed E-state index contributed by atoms with van der Waals surface area (Å²) in [6, 6.07) is 0. The van der Waals surface area contributed by atoms with Crippen LogP contribution in [0.1, 0.15) is 0 Å². The van der Waals surface area contributed by atoms with Gasteiger partial charge in [0.15, 0.2) is 0 Å². The van der Waals surface area contributed by atoms with E-state index in [2.05, 4.69) is 0 Å². The molecule has 0 saturated carbocycles. The first kappa shape index (κ1) is 5.63. The Hall–Kier alpha value is 0.500. The van der Waals surface area contributed by atoms with Gasteiger partial charge in [-0.15, -0.1) is 0 Å². The molecule has 7 heavy (non-hydrogen) atoms. The van der Waals surface area contributed by atoms with E-state index in [0.717, 1.165) is 11.0 Å². The molecule has 0 aromatic heterocycles. The van der Waals surface area contributed by atoms with Crippen LogP contribution in [-0.2, 0) is 10.8 Å². The number of thioether (sulfide) groups is 1. The first-order valence-electron chi connectivity index (χ1n) is 2.20. The summed E-state index contributed by atoms with van der Waals surface area (Å²) in [5.41, 5.74) is 0. The van der Waals surface area contributed by atoms with Crippen molar-refractivity contribution >= 4 is 22.6 Å². The zero-order chi connectivity index (χ0) is 5.28. The van der Waals surface area contributed by atoms with Crippen LogP contribution in [0.15, 0.2) is 0 Å². The van der Waals surface area contributed by atoms with Crippen LogP contribution in [0.4, 0.5) is 0 Å². The predicted octanol–water partition coefficient (Wildman–Crippen LogP) is 0.480. The van der Waals surface area contributed by atoms with Crippen LogP contribution in [0.25, 0.3) is 0 Å². The molecule has 1 nitrogen and oxygen atoms in total. The van der Waals surface area contributed by atoms with Crippen molar-refractivity contribution in [2.45, 2.75) is 5.25 Å². The highest BCUT2D eigenvalue weighted by Crippen LogP contribution is 2.30. The predicted molar refractivity (Wildman–Crippen MR) is 35.2 cm³/mol. The van der Waals surface area contributed by atoms with Crippen LogP contribution >= 0.6 is 11.8 Å². The Kier molecular flexibility index (Phi) is 1.75. The van der Waals surface area contributed by atoms with Gasteiger partial charge in [0, 0.05) is 33.8 Å². The van der Waals surface area contributed by atoms with E-state index < -0.39 is 10.8 Å². The Balaban J connectivity index is 2.08. The van der Waals surface area contributed by atoms with Crippen molar-refractivity contribution in [3.8, 4) is 0 Å². The average Bonchev–Trinajstić information content (AvgIpc) is 2.17. The maximum atomic E-state index is 10.4. The molecule has 1 rings (SSSR count). The average molecular weight is 136 g/mol. The van der Waals surface area contributed by atoms with Gasteiger partial charge in [0.1, 0.15) is 0 Å². The Morgan fingerprint density at radius 3 is 2.71 bits per heavy atom. The lowest BCUT2D eigenvalue weighted by atomic mass is 10.6. The van der Waals surface area contributed by atoms with Crippen molar-refractivity contribution in [3.63, 3.8) is 0 Å². The highest BCUT2D eigenvalue weighted by Gasteiger charge is 2.22. The third kappa shape index (κ3) is 2.34. The Labute approximate surface area is 50.3 Å². The van der Waals surface area contributed by atoms with E-state index in [9.17, 15) is 4.21 Å². The van der Waals surface area contributed by atoms with E-state index in [-0.39, 0.29) is 0 Å². The molecule has 42 valence electrons. The summed E-state index contributed by atoms with van der Waals surface area (Å²) in [5.74, 6) is 2.14. The Morgan fingerprint density at radius 1 is 2.00 bits per heavy atom. The quantitative estimate of drug-likeness (QED) is 0.514. The summed E-state index contributed by atoms with van der Waals surface area (Å²) < 4.78 is 10.4. The van der Waals surface area contributed by atoms with Gasteiger partial charge in [-0.3, -0.25) is 4.21 Å². The van der Waals surface area contributed by atoms with Crippen molar-refractivity contribution < 1.29 is 4.21 Å². The minimum atomic E-state index is -0.554. The van der Waals surface area contributed by atoms with Crippen LogP contribution in [0.3, 0.4) is 0 Å². The molecule has 0 aromatic rings. The minimum Gasteiger partial charge on any atom is -0.260 e. The normalized spacial score (nSPS) is 32.4. The molecule has 0 N–H and O–H groups in total. The van der Waals surface area contributed by atoms with Crippen LogP contribution < -0.4 is 0 Å². The minimum absolute atomic E-state index is 0.554. The SMILES string of the molecule is CS(=O)CC1CS1. The second kappa shape index (κ2) is 2.18. The molecule has 1 heterocycles. The molecule has 1 aliphatic rings. The third-order valence-corrected chi connectivity index (χ3v) is 2.88. The smallest absolute Gasteiger partial charge is 0.0359 e. The highest BCUT2D eigenvalue weighted by atomic mass is 32.2. The van der Waals surface area contributed by atoms with E-state index in [4.69, 9.17) is 0 Å². The summed E-state index contributed by atoms with van der Waals surface area (Å²) in [7, 11) is -0.554. The molecule has 0 amide bonds. The molecular formula is C4H8OS2. The molecule has 2 atom stereocenters. The topological polar surface area (TPSA) is 17.1 Å². The number of rotatable bonds is 2. The van der Waals surface area contributed by atoms with Gasteiger partial charge in [-0.1, -0.05) is 0 Å². The summed E-state index contributed by atoms with van der Waals surface area (Å²) in [6.45, 7) is 0.